The monoisotopic (exact) mass is 261 g/mol. The molecule has 2 aliphatic rings. The number of rotatable bonds is 2. The van der Waals surface area contributed by atoms with Crippen molar-refractivity contribution in [1.29, 1.82) is 0 Å². The first kappa shape index (κ1) is 12.3. The molecule has 0 aromatic heterocycles. The first-order chi connectivity index (χ1) is 9.24. The number of ether oxygens (including phenoxy) is 2. The summed E-state index contributed by atoms with van der Waals surface area (Å²) in [6.07, 6.45) is 3.33. The van der Waals surface area contributed by atoms with Crippen LogP contribution < -0.4 is 14.8 Å². The lowest BCUT2D eigenvalue weighted by atomic mass is 10.1. The summed E-state index contributed by atoms with van der Waals surface area (Å²) in [7, 11) is 0. The third-order valence-electron chi connectivity index (χ3n) is 3.84. The molecule has 102 valence electrons. The van der Waals surface area contributed by atoms with Crippen LogP contribution >= 0.6 is 0 Å². The Bertz CT molecular complexity index is 486. The summed E-state index contributed by atoms with van der Waals surface area (Å²) < 4.78 is 11.1. The summed E-state index contributed by atoms with van der Waals surface area (Å²) in [5, 5.41) is 3.10. The molecule has 19 heavy (non-hydrogen) atoms. The van der Waals surface area contributed by atoms with Gasteiger partial charge in [-0.25, -0.2) is 0 Å². The lowest BCUT2D eigenvalue weighted by molar-refractivity contribution is 0.0926. The van der Waals surface area contributed by atoms with Crippen molar-refractivity contribution in [3.63, 3.8) is 0 Å². The summed E-state index contributed by atoms with van der Waals surface area (Å²) in [6, 6.07) is 5.76. The maximum atomic E-state index is 12.3. The second-order valence-electron chi connectivity index (χ2n) is 5.42. The van der Waals surface area contributed by atoms with Crippen LogP contribution in [0.2, 0.25) is 0 Å². The summed E-state index contributed by atoms with van der Waals surface area (Å²) >= 11 is 0. The van der Waals surface area contributed by atoms with Gasteiger partial charge in [0, 0.05) is 6.04 Å². The van der Waals surface area contributed by atoms with Crippen molar-refractivity contribution in [2.75, 3.05) is 13.2 Å². The van der Waals surface area contributed by atoms with Gasteiger partial charge in [0.2, 0.25) is 0 Å². The van der Waals surface area contributed by atoms with Crippen LogP contribution in [0.1, 0.15) is 36.5 Å². The van der Waals surface area contributed by atoms with E-state index in [0.29, 0.717) is 42.2 Å². The van der Waals surface area contributed by atoms with Gasteiger partial charge in [-0.2, -0.15) is 0 Å². The fourth-order valence-corrected chi connectivity index (χ4v) is 2.85. The number of para-hydroxylation sites is 1. The van der Waals surface area contributed by atoms with Gasteiger partial charge in [0.05, 0.1) is 5.56 Å². The quantitative estimate of drug-likeness (QED) is 0.889. The molecule has 1 saturated carbocycles. The Labute approximate surface area is 113 Å². The molecule has 2 atom stereocenters. The number of hydrogen-bond acceptors (Lipinski definition) is 3. The highest BCUT2D eigenvalue weighted by molar-refractivity contribution is 5.98. The molecule has 0 radical (unpaired) electrons. The molecule has 1 amide bonds. The largest absolute Gasteiger partial charge is 0.486 e. The lowest BCUT2D eigenvalue weighted by Crippen LogP contribution is -2.33. The number of hydrogen-bond donors (Lipinski definition) is 1. The zero-order valence-corrected chi connectivity index (χ0v) is 11.1. The average molecular weight is 261 g/mol. The molecule has 1 heterocycles. The minimum atomic E-state index is -0.0542. The van der Waals surface area contributed by atoms with Gasteiger partial charge in [0.25, 0.3) is 5.91 Å². The molecular weight excluding hydrogens is 242 g/mol. The first-order valence-electron chi connectivity index (χ1n) is 6.93. The molecular formula is C15H19NO3. The second kappa shape index (κ2) is 5.11. The zero-order valence-electron chi connectivity index (χ0n) is 11.1. The fourth-order valence-electron chi connectivity index (χ4n) is 2.85. The highest BCUT2D eigenvalue weighted by Gasteiger charge is 2.26. The Hall–Kier alpha value is -1.71. The third-order valence-corrected chi connectivity index (χ3v) is 3.84. The molecule has 2 unspecified atom stereocenters. The number of amides is 1. The standard InChI is InChI=1S/C15H19NO3/c1-10-5-6-11(9-10)16-15(17)12-3-2-4-13-14(12)19-8-7-18-13/h2-4,10-11H,5-9H2,1H3,(H,16,17). The SMILES string of the molecule is CC1CCC(NC(=O)c2cccc3c2OCCO3)C1. The van der Waals surface area contributed by atoms with Crippen LogP contribution in [0, 0.1) is 5.92 Å². The van der Waals surface area contributed by atoms with E-state index in [-0.39, 0.29) is 5.91 Å². The van der Waals surface area contributed by atoms with E-state index in [2.05, 4.69) is 12.2 Å². The van der Waals surface area contributed by atoms with Crippen LogP contribution in [0.3, 0.4) is 0 Å². The van der Waals surface area contributed by atoms with Crippen LogP contribution in [-0.2, 0) is 0 Å². The molecule has 1 aromatic carbocycles. The number of fused-ring (bicyclic) bond motifs is 1. The van der Waals surface area contributed by atoms with Gasteiger partial charge < -0.3 is 14.8 Å². The minimum absolute atomic E-state index is 0.0542. The Kier molecular flexibility index (Phi) is 3.32. The molecule has 4 heteroatoms. The Morgan fingerprint density at radius 2 is 2.11 bits per heavy atom. The summed E-state index contributed by atoms with van der Waals surface area (Å²) in [5.41, 5.74) is 0.580. The Morgan fingerprint density at radius 3 is 2.89 bits per heavy atom. The third kappa shape index (κ3) is 2.53. The molecule has 1 N–H and O–H groups in total. The van der Waals surface area contributed by atoms with Crippen molar-refractivity contribution in [3.05, 3.63) is 23.8 Å². The van der Waals surface area contributed by atoms with E-state index in [1.807, 2.05) is 12.1 Å². The van der Waals surface area contributed by atoms with Gasteiger partial charge >= 0.3 is 0 Å². The Balaban J connectivity index is 1.76. The Morgan fingerprint density at radius 1 is 1.26 bits per heavy atom. The van der Waals surface area contributed by atoms with Crippen molar-refractivity contribution in [3.8, 4) is 11.5 Å². The second-order valence-corrected chi connectivity index (χ2v) is 5.42. The van der Waals surface area contributed by atoms with Gasteiger partial charge in [0.1, 0.15) is 13.2 Å². The molecule has 0 spiro atoms. The highest BCUT2D eigenvalue weighted by atomic mass is 16.6. The van der Waals surface area contributed by atoms with Crippen molar-refractivity contribution in [1.82, 2.24) is 5.32 Å². The molecule has 1 fully saturated rings. The van der Waals surface area contributed by atoms with E-state index < -0.39 is 0 Å². The van der Waals surface area contributed by atoms with E-state index >= 15 is 0 Å². The predicted octanol–water partition coefficient (Wildman–Crippen LogP) is 2.38. The molecule has 1 aliphatic carbocycles. The van der Waals surface area contributed by atoms with E-state index in [1.165, 1.54) is 6.42 Å². The van der Waals surface area contributed by atoms with Crippen molar-refractivity contribution < 1.29 is 14.3 Å². The molecule has 0 saturated heterocycles. The van der Waals surface area contributed by atoms with Gasteiger partial charge in [-0.15, -0.1) is 0 Å². The molecule has 3 rings (SSSR count). The van der Waals surface area contributed by atoms with E-state index in [1.54, 1.807) is 6.07 Å². The summed E-state index contributed by atoms with van der Waals surface area (Å²) in [6.45, 7) is 3.27. The number of carbonyl (C=O) groups excluding carboxylic acids is 1. The first-order valence-corrected chi connectivity index (χ1v) is 6.93. The van der Waals surface area contributed by atoms with Gasteiger partial charge in [-0.05, 0) is 37.3 Å². The van der Waals surface area contributed by atoms with Gasteiger partial charge in [-0.1, -0.05) is 13.0 Å². The van der Waals surface area contributed by atoms with Gasteiger partial charge in [0.15, 0.2) is 11.5 Å². The average Bonchev–Trinajstić information content (AvgIpc) is 2.83. The smallest absolute Gasteiger partial charge is 0.255 e. The van der Waals surface area contributed by atoms with Crippen LogP contribution in [0.15, 0.2) is 18.2 Å². The summed E-state index contributed by atoms with van der Waals surface area (Å²) in [5.74, 6) is 1.90. The number of carbonyl (C=O) groups is 1. The summed E-state index contributed by atoms with van der Waals surface area (Å²) in [4.78, 5) is 12.3. The molecule has 1 aromatic rings. The van der Waals surface area contributed by atoms with Crippen molar-refractivity contribution in [2.45, 2.75) is 32.2 Å². The normalized spacial score (nSPS) is 25.1. The molecule has 4 nitrogen and oxygen atoms in total. The zero-order chi connectivity index (χ0) is 13.2. The molecule has 1 aliphatic heterocycles. The maximum absolute atomic E-state index is 12.3. The van der Waals surface area contributed by atoms with Crippen LogP contribution in [0.4, 0.5) is 0 Å². The minimum Gasteiger partial charge on any atom is -0.486 e. The van der Waals surface area contributed by atoms with Gasteiger partial charge in [-0.3, -0.25) is 4.79 Å². The van der Waals surface area contributed by atoms with E-state index in [9.17, 15) is 4.79 Å². The van der Waals surface area contributed by atoms with E-state index in [4.69, 9.17) is 9.47 Å². The highest BCUT2D eigenvalue weighted by Crippen LogP contribution is 2.34. The number of benzene rings is 1. The predicted molar refractivity (Wildman–Crippen MR) is 71.7 cm³/mol. The van der Waals surface area contributed by atoms with Crippen molar-refractivity contribution >= 4 is 5.91 Å². The fraction of sp³-hybridized carbons (Fsp3) is 0.533. The van der Waals surface area contributed by atoms with E-state index in [0.717, 1.165) is 12.8 Å². The molecule has 0 bridgehead atoms. The van der Waals surface area contributed by atoms with Crippen molar-refractivity contribution in [2.24, 2.45) is 5.92 Å². The van der Waals surface area contributed by atoms with Crippen LogP contribution in [-0.4, -0.2) is 25.2 Å². The van der Waals surface area contributed by atoms with Crippen LogP contribution in [0.5, 0.6) is 11.5 Å². The van der Waals surface area contributed by atoms with Crippen LogP contribution in [0.25, 0.3) is 0 Å². The number of nitrogens with one attached hydrogen (secondary N) is 1. The topological polar surface area (TPSA) is 47.6 Å². The maximum Gasteiger partial charge on any atom is 0.255 e. The lowest BCUT2D eigenvalue weighted by Gasteiger charge is -2.21.